The van der Waals surface area contributed by atoms with Crippen molar-refractivity contribution in [3.8, 4) is 0 Å². The Labute approximate surface area is 234 Å². The van der Waals surface area contributed by atoms with E-state index in [-0.39, 0.29) is 11.9 Å². The summed E-state index contributed by atoms with van der Waals surface area (Å²) in [5.41, 5.74) is 4.93. The van der Waals surface area contributed by atoms with Crippen LogP contribution in [0.5, 0.6) is 0 Å². The van der Waals surface area contributed by atoms with Crippen LogP contribution in [0.25, 0.3) is 0 Å². The second-order valence-corrected chi connectivity index (χ2v) is 11.1. The third-order valence-electron chi connectivity index (χ3n) is 7.89. The molecule has 1 unspecified atom stereocenters. The number of amides is 1. The molecule has 6 heteroatoms. The highest BCUT2D eigenvalue weighted by Crippen LogP contribution is 2.30. The van der Waals surface area contributed by atoms with Gasteiger partial charge in [-0.25, -0.2) is 0 Å². The van der Waals surface area contributed by atoms with E-state index in [4.69, 9.17) is 4.74 Å². The molecule has 210 valence electrons. The molecule has 0 spiro atoms. The Morgan fingerprint density at radius 1 is 0.974 bits per heavy atom. The van der Waals surface area contributed by atoms with Gasteiger partial charge in [0.2, 0.25) is 0 Å². The number of piperidine rings is 1. The second kappa shape index (κ2) is 15.4. The van der Waals surface area contributed by atoms with E-state index in [9.17, 15) is 9.59 Å². The summed E-state index contributed by atoms with van der Waals surface area (Å²) in [4.78, 5) is 25.3. The van der Waals surface area contributed by atoms with Gasteiger partial charge in [0.15, 0.2) is 0 Å². The highest BCUT2D eigenvalue weighted by molar-refractivity contribution is 6.04. The van der Waals surface area contributed by atoms with Crippen molar-refractivity contribution >= 4 is 23.8 Å². The molecule has 2 aromatic carbocycles. The Balaban J connectivity index is 1.23. The van der Waals surface area contributed by atoms with E-state index in [1.54, 1.807) is 0 Å². The molecular formula is C33H45N3O3. The Morgan fingerprint density at radius 3 is 2.54 bits per heavy atom. The van der Waals surface area contributed by atoms with Gasteiger partial charge in [-0.3, -0.25) is 14.6 Å². The minimum atomic E-state index is -0.125. The van der Waals surface area contributed by atoms with Gasteiger partial charge in [-0.05, 0) is 91.8 Å². The fraction of sp³-hybridized carbons (Fsp3) is 0.545. The van der Waals surface area contributed by atoms with Crippen molar-refractivity contribution in [3.63, 3.8) is 0 Å². The number of fused-ring (bicyclic) bond motifs is 1. The standard InChI is InChI=1S/C33H45N3O3/c1-2-3-4-5-6-10-21-39-32(37)23-27-13-14-28-17-18-31(24-30(28)22-27)35-33(38)29-15-11-26(12-16-29)25-34-36-19-8-7-9-20-36/h11-12,15-18,24-25,27H,2-10,13-14,19-23H2,1H3,(H,35,38)/b34-25+. The molecule has 1 aliphatic heterocycles. The Hall–Kier alpha value is -3.15. The number of nitrogens with one attached hydrogen (secondary N) is 1. The molecule has 1 aliphatic carbocycles. The number of rotatable bonds is 13. The van der Waals surface area contributed by atoms with Crippen LogP contribution >= 0.6 is 0 Å². The largest absolute Gasteiger partial charge is 0.466 e. The van der Waals surface area contributed by atoms with Gasteiger partial charge in [0.25, 0.3) is 5.91 Å². The minimum Gasteiger partial charge on any atom is -0.466 e. The van der Waals surface area contributed by atoms with Crippen LogP contribution in [0.1, 0.15) is 105 Å². The lowest BCUT2D eigenvalue weighted by Gasteiger charge is -2.24. The molecule has 6 nitrogen and oxygen atoms in total. The first kappa shape index (κ1) is 28.8. The first-order valence-corrected chi connectivity index (χ1v) is 15.1. The summed E-state index contributed by atoms with van der Waals surface area (Å²) in [5, 5.41) is 9.73. The summed E-state index contributed by atoms with van der Waals surface area (Å²) in [7, 11) is 0. The quantitative estimate of drug-likeness (QED) is 0.169. The SMILES string of the molecule is CCCCCCCCOC(=O)CC1CCc2ccc(NC(=O)c3ccc(/C=N/N4CCCCC4)cc3)cc2C1. The van der Waals surface area contributed by atoms with Crippen LogP contribution in [0.15, 0.2) is 47.6 Å². The number of unbranched alkanes of at least 4 members (excludes halogenated alkanes) is 5. The molecule has 1 heterocycles. The van der Waals surface area contributed by atoms with Gasteiger partial charge in [0.1, 0.15) is 0 Å². The maximum Gasteiger partial charge on any atom is 0.306 e. The van der Waals surface area contributed by atoms with Crippen molar-refractivity contribution in [3.05, 3.63) is 64.7 Å². The second-order valence-electron chi connectivity index (χ2n) is 11.1. The molecule has 0 bridgehead atoms. The van der Waals surface area contributed by atoms with Crippen molar-refractivity contribution in [1.82, 2.24) is 5.01 Å². The molecule has 4 rings (SSSR count). The predicted octanol–water partition coefficient (Wildman–Crippen LogP) is 7.16. The first-order valence-electron chi connectivity index (χ1n) is 15.1. The van der Waals surface area contributed by atoms with Crippen LogP contribution in [-0.2, 0) is 22.4 Å². The van der Waals surface area contributed by atoms with Gasteiger partial charge in [0.05, 0.1) is 12.8 Å². The maximum atomic E-state index is 12.9. The monoisotopic (exact) mass is 531 g/mol. The lowest BCUT2D eigenvalue weighted by Crippen LogP contribution is -2.24. The number of carbonyl (C=O) groups is 2. The average molecular weight is 532 g/mol. The number of esters is 1. The molecule has 1 fully saturated rings. The molecule has 1 amide bonds. The molecule has 2 aromatic rings. The number of nitrogens with zero attached hydrogens (tertiary/aromatic N) is 2. The summed E-state index contributed by atoms with van der Waals surface area (Å²) < 4.78 is 5.51. The number of hydrogen-bond acceptors (Lipinski definition) is 5. The number of aryl methyl sites for hydroxylation is 1. The number of carbonyl (C=O) groups excluding carboxylic acids is 2. The zero-order chi connectivity index (χ0) is 27.3. The van der Waals surface area contributed by atoms with Crippen molar-refractivity contribution in [2.45, 2.75) is 90.4 Å². The highest BCUT2D eigenvalue weighted by Gasteiger charge is 2.22. The lowest BCUT2D eigenvalue weighted by atomic mass is 9.82. The number of ether oxygens (including phenoxy) is 1. The Morgan fingerprint density at radius 2 is 1.74 bits per heavy atom. The fourth-order valence-electron chi connectivity index (χ4n) is 5.51. The lowest BCUT2D eigenvalue weighted by molar-refractivity contribution is -0.145. The van der Waals surface area contributed by atoms with Crippen LogP contribution in [0, 0.1) is 5.92 Å². The zero-order valence-corrected chi connectivity index (χ0v) is 23.6. The van der Waals surface area contributed by atoms with E-state index < -0.39 is 0 Å². The van der Waals surface area contributed by atoms with Gasteiger partial charge in [-0.2, -0.15) is 5.10 Å². The number of hydrazone groups is 1. The van der Waals surface area contributed by atoms with Crippen LogP contribution < -0.4 is 5.32 Å². The smallest absolute Gasteiger partial charge is 0.306 e. The molecule has 2 aliphatic rings. The van der Waals surface area contributed by atoms with Gasteiger partial charge in [0, 0.05) is 30.8 Å². The fourth-order valence-corrected chi connectivity index (χ4v) is 5.51. The summed E-state index contributed by atoms with van der Waals surface area (Å²) in [5.74, 6) is 0.0886. The van der Waals surface area contributed by atoms with Gasteiger partial charge < -0.3 is 10.1 Å². The normalized spacial score (nSPS) is 17.2. The number of anilines is 1. The minimum absolute atomic E-state index is 0.0779. The van der Waals surface area contributed by atoms with Crippen molar-refractivity contribution in [2.75, 3.05) is 25.0 Å². The summed E-state index contributed by atoms with van der Waals surface area (Å²) >= 11 is 0. The van der Waals surface area contributed by atoms with Gasteiger partial charge >= 0.3 is 5.97 Å². The topological polar surface area (TPSA) is 71.0 Å². The molecule has 39 heavy (non-hydrogen) atoms. The highest BCUT2D eigenvalue weighted by atomic mass is 16.5. The third kappa shape index (κ3) is 9.52. The van der Waals surface area contributed by atoms with Gasteiger partial charge in [-0.1, -0.05) is 57.2 Å². The van der Waals surface area contributed by atoms with E-state index in [1.165, 1.54) is 56.1 Å². The van der Waals surface area contributed by atoms with E-state index in [1.807, 2.05) is 36.5 Å². The predicted molar refractivity (Wildman–Crippen MR) is 158 cm³/mol. The molecule has 0 aromatic heterocycles. The van der Waals surface area contributed by atoms with E-state index >= 15 is 0 Å². The van der Waals surface area contributed by atoms with Crippen molar-refractivity contribution in [1.29, 1.82) is 0 Å². The van der Waals surface area contributed by atoms with Crippen LogP contribution in [0.3, 0.4) is 0 Å². The zero-order valence-electron chi connectivity index (χ0n) is 23.6. The molecule has 0 radical (unpaired) electrons. The summed E-state index contributed by atoms with van der Waals surface area (Å²) in [6, 6.07) is 13.7. The maximum absolute atomic E-state index is 12.9. The number of hydrogen-bond donors (Lipinski definition) is 1. The van der Waals surface area contributed by atoms with Crippen molar-refractivity contribution in [2.24, 2.45) is 11.0 Å². The van der Waals surface area contributed by atoms with E-state index in [0.717, 1.165) is 56.4 Å². The van der Waals surface area contributed by atoms with E-state index in [0.29, 0.717) is 24.5 Å². The number of benzene rings is 2. The summed E-state index contributed by atoms with van der Waals surface area (Å²) in [6.07, 6.45) is 16.0. The van der Waals surface area contributed by atoms with Gasteiger partial charge in [-0.15, -0.1) is 0 Å². The van der Waals surface area contributed by atoms with E-state index in [2.05, 4.69) is 34.5 Å². The molecule has 0 saturated carbocycles. The Kier molecular flexibility index (Phi) is 11.4. The molecule has 1 N–H and O–H groups in total. The first-order chi connectivity index (χ1) is 19.1. The van der Waals surface area contributed by atoms with Crippen LogP contribution in [0.2, 0.25) is 0 Å². The van der Waals surface area contributed by atoms with Crippen molar-refractivity contribution < 1.29 is 14.3 Å². The van der Waals surface area contributed by atoms with Crippen LogP contribution in [0.4, 0.5) is 5.69 Å². The Bertz CT molecular complexity index is 1090. The summed E-state index contributed by atoms with van der Waals surface area (Å²) in [6.45, 7) is 4.79. The molecular weight excluding hydrogens is 486 g/mol. The van der Waals surface area contributed by atoms with Crippen LogP contribution in [-0.4, -0.2) is 42.8 Å². The third-order valence-corrected chi connectivity index (χ3v) is 7.89. The molecule has 1 atom stereocenters. The average Bonchev–Trinajstić information content (AvgIpc) is 2.96. The molecule has 1 saturated heterocycles.